The number of carbonyl (C=O) groups is 3. The molecule has 33 heavy (non-hydrogen) atoms. The molecule has 2 fully saturated rings. The van der Waals surface area contributed by atoms with E-state index in [9.17, 15) is 14.4 Å². The molecule has 5 rings (SSSR count). The normalized spacial score (nSPS) is 25.4. The Kier molecular flexibility index (Phi) is 4.87. The van der Waals surface area contributed by atoms with Crippen LogP contribution < -0.4 is 15.5 Å². The number of imide groups is 2. The molecule has 9 nitrogen and oxygen atoms in total. The van der Waals surface area contributed by atoms with Gasteiger partial charge in [0.1, 0.15) is 5.82 Å². The maximum Gasteiger partial charge on any atom is 0.328 e. The standard InChI is InChI=1S/C23H20FN5O4/c1-12-11-29-18-15(8-14(9-16(18)24)4-5-17-25-6-3-7-26-17)10-23(19(29)13(2)33-12)20(30)27-22(32)28-21(23)31/h3,6-9,12-13,19H,10-11H2,1-2H3,(H2,27,28,30,31,32)/t12-,13+,19-/m1/s1. The van der Waals surface area contributed by atoms with Crippen molar-refractivity contribution in [1.82, 2.24) is 20.6 Å². The van der Waals surface area contributed by atoms with Gasteiger partial charge in [-0.25, -0.2) is 19.2 Å². The fourth-order valence-electron chi connectivity index (χ4n) is 5.10. The zero-order valence-corrected chi connectivity index (χ0v) is 17.9. The van der Waals surface area contributed by atoms with E-state index < -0.39 is 41.2 Å². The summed E-state index contributed by atoms with van der Waals surface area (Å²) in [6, 6.07) is 2.97. The minimum atomic E-state index is -1.67. The van der Waals surface area contributed by atoms with E-state index in [0.29, 0.717) is 16.8 Å². The fraction of sp³-hybridized carbons (Fsp3) is 0.348. The van der Waals surface area contributed by atoms with Crippen LogP contribution in [0, 0.1) is 23.1 Å². The number of fused-ring (bicyclic) bond motifs is 4. The number of ether oxygens (including phenoxy) is 1. The first kappa shape index (κ1) is 21.0. The summed E-state index contributed by atoms with van der Waals surface area (Å²) in [5.41, 5.74) is -0.548. The lowest BCUT2D eigenvalue weighted by molar-refractivity contribution is -0.153. The number of hydrogen-bond donors (Lipinski definition) is 2. The number of urea groups is 1. The predicted octanol–water partition coefficient (Wildman–Crippen LogP) is 0.906. The molecule has 2 saturated heterocycles. The molecule has 0 radical (unpaired) electrons. The van der Waals surface area contributed by atoms with Crippen molar-refractivity contribution in [3.63, 3.8) is 0 Å². The quantitative estimate of drug-likeness (QED) is 0.454. The number of nitrogens with zero attached hydrogens (tertiary/aromatic N) is 3. The van der Waals surface area contributed by atoms with Gasteiger partial charge in [-0.2, -0.15) is 0 Å². The summed E-state index contributed by atoms with van der Waals surface area (Å²) in [6.45, 7) is 3.86. The molecule has 2 aromatic rings. The smallest absolute Gasteiger partial charge is 0.328 e. The lowest BCUT2D eigenvalue weighted by Crippen LogP contribution is -2.75. The lowest BCUT2D eigenvalue weighted by Gasteiger charge is -2.55. The molecule has 0 bridgehead atoms. The number of amides is 4. The van der Waals surface area contributed by atoms with Gasteiger partial charge in [0.2, 0.25) is 17.6 Å². The second-order valence-corrected chi connectivity index (χ2v) is 8.42. The van der Waals surface area contributed by atoms with E-state index >= 15 is 4.39 Å². The average molecular weight is 449 g/mol. The second kappa shape index (κ2) is 7.64. The Labute approximate surface area is 188 Å². The highest BCUT2D eigenvalue weighted by Crippen LogP contribution is 2.47. The molecule has 168 valence electrons. The van der Waals surface area contributed by atoms with Gasteiger partial charge in [0.15, 0.2) is 5.41 Å². The molecule has 1 aromatic carbocycles. The fourth-order valence-corrected chi connectivity index (χ4v) is 5.10. The van der Waals surface area contributed by atoms with Gasteiger partial charge in [-0.05, 0) is 43.5 Å². The Bertz CT molecular complexity index is 1220. The molecular weight excluding hydrogens is 429 g/mol. The van der Waals surface area contributed by atoms with E-state index in [0.717, 1.165) is 0 Å². The monoisotopic (exact) mass is 449 g/mol. The van der Waals surface area contributed by atoms with Crippen molar-refractivity contribution < 1.29 is 23.5 Å². The number of barbiturate groups is 1. The van der Waals surface area contributed by atoms with Crippen LogP contribution >= 0.6 is 0 Å². The Morgan fingerprint density at radius 3 is 2.52 bits per heavy atom. The summed E-state index contributed by atoms with van der Waals surface area (Å²) < 4.78 is 21.4. The van der Waals surface area contributed by atoms with Crippen LogP contribution in [-0.2, 0) is 20.7 Å². The molecule has 3 aliphatic rings. The Hall–Kier alpha value is -3.84. The van der Waals surface area contributed by atoms with Crippen LogP contribution in [0.5, 0.6) is 0 Å². The van der Waals surface area contributed by atoms with Gasteiger partial charge in [-0.15, -0.1) is 0 Å². The van der Waals surface area contributed by atoms with Crippen molar-refractivity contribution in [2.75, 3.05) is 11.4 Å². The summed E-state index contributed by atoms with van der Waals surface area (Å²) in [4.78, 5) is 47.9. The first-order valence-corrected chi connectivity index (χ1v) is 10.5. The molecule has 10 heteroatoms. The Morgan fingerprint density at radius 2 is 1.82 bits per heavy atom. The Morgan fingerprint density at radius 1 is 1.12 bits per heavy atom. The Balaban J connectivity index is 1.65. The van der Waals surface area contributed by atoms with Gasteiger partial charge in [0.05, 0.1) is 23.9 Å². The van der Waals surface area contributed by atoms with Gasteiger partial charge < -0.3 is 9.64 Å². The molecule has 1 aromatic heterocycles. The van der Waals surface area contributed by atoms with Gasteiger partial charge in [0, 0.05) is 30.9 Å². The highest BCUT2D eigenvalue weighted by atomic mass is 19.1. The number of rotatable bonds is 0. The van der Waals surface area contributed by atoms with Gasteiger partial charge >= 0.3 is 6.03 Å². The zero-order chi connectivity index (χ0) is 23.3. The van der Waals surface area contributed by atoms with E-state index in [1.807, 2.05) is 6.92 Å². The molecule has 1 spiro atoms. The highest BCUT2D eigenvalue weighted by Gasteiger charge is 2.63. The summed E-state index contributed by atoms with van der Waals surface area (Å²) >= 11 is 0. The number of hydrogen-bond acceptors (Lipinski definition) is 7. The van der Waals surface area contributed by atoms with Crippen LogP contribution in [-0.4, -0.2) is 52.6 Å². The van der Waals surface area contributed by atoms with E-state index in [1.165, 1.54) is 6.07 Å². The largest absolute Gasteiger partial charge is 0.372 e. The van der Waals surface area contributed by atoms with Crippen LogP contribution in [0.1, 0.15) is 30.8 Å². The van der Waals surface area contributed by atoms with Crippen LogP contribution in [0.3, 0.4) is 0 Å². The van der Waals surface area contributed by atoms with Gasteiger partial charge in [-0.3, -0.25) is 20.2 Å². The maximum absolute atomic E-state index is 15.5. The van der Waals surface area contributed by atoms with Crippen molar-refractivity contribution in [3.05, 3.63) is 53.4 Å². The number of carbonyl (C=O) groups excluding carboxylic acids is 3. The summed E-state index contributed by atoms with van der Waals surface area (Å²) in [7, 11) is 0. The first-order chi connectivity index (χ1) is 15.8. The van der Waals surface area contributed by atoms with Crippen molar-refractivity contribution in [2.24, 2.45) is 5.41 Å². The van der Waals surface area contributed by atoms with Gasteiger partial charge in [0.25, 0.3) is 0 Å². The summed E-state index contributed by atoms with van der Waals surface area (Å²) in [6.07, 6.45) is 2.17. The molecule has 4 heterocycles. The summed E-state index contributed by atoms with van der Waals surface area (Å²) in [5.74, 6) is 3.95. The lowest BCUT2D eigenvalue weighted by atomic mass is 9.66. The SMILES string of the molecule is C[C@@H]1CN2c3c(F)cc(C#Cc4ncccn4)cc3CC3(C(=O)NC(=O)NC3=O)[C@H]2[C@H](C)O1. The van der Waals surface area contributed by atoms with Crippen LogP contribution in [0.15, 0.2) is 30.6 Å². The number of halogens is 1. The molecular formula is C23H20FN5O4. The van der Waals surface area contributed by atoms with Crippen LogP contribution in [0.4, 0.5) is 14.9 Å². The maximum atomic E-state index is 15.5. The van der Waals surface area contributed by atoms with Crippen molar-refractivity contribution in [3.8, 4) is 11.8 Å². The molecule has 3 atom stereocenters. The van der Waals surface area contributed by atoms with Crippen LogP contribution in [0.2, 0.25) is 0 Å². The minimum Gasteiger partial charge on any atom is -0.372 e. The molecule has 0 unspecified atom stereocenters. The minimum absolute atomic E-state index is 0.106. The van der Waals surface area contributed by atoms with E-state index in [2.05, 4.69) is 32.4 Å². The number of morpholine rings is 1. The number of aromatic nitrogens is 2. The van der Waals surface area contributed by atoms with Crippen LogP contribution in [0.25, 0.3) is 0 Å². The topological polar surface area (TPSA) is 114 Å². The second-order valence-electron chi connectivity index (χ2n) is 8.42. The van der Waals surface area contributed by atoms with Crippen molar-refractivity contribution in [1.29, 1.82) is 0 Å². The number of nitrogens with one attached hydrogen (secondary N) is 2. The van der Waals surface area contributed by atoms with Gasteiger partial charge in [-0.1, -0.05) is 5.92 Å². The van der Waals surface area contributed by atoms with E-state index in [1.54, 1.807) is 36.4 Å². The molecule has 0 saturated carbocycles. The molecule has 4 amide bonds. The first-order valence-electron chi connectivity index (χ1n) is 10.5. The molecule has 0 aliphatic carbocycles. The molecule has 3 aliphatic heterocycles. The third-order valence-corrected chi connectivity index (χ3v) is 6.23. The van der Waals surface area contributed by atoms with E-state index in [-0.39, 0.29) is 24.9 Å². The average Bonchev–Trinajstić information content (AvgIpc) is 2.76. The predicted molar refractivity (Wildman–Crippen MR) is 113 cm³/mol. The third kappa shape index (κ3) is 3.32. The zero-order valence-electron chi connectivity index (χ0n) is 17.9. The highest BCUT2D eigenvalue weighted by molar-refractivity contribution is 6.20. The van der Waals surface area contributed by atoms with E-state index in [4.69, 9.17) is 4.74 Å². The molecule has 2 N–H and O–H groups in total. The number of benzene rings is 1. The van der Waals surface area contributed by atoms with Crippen molar-refractivity contribution in [2.45, 2.75) is 38.5 Å². The summed E-state index contributed by atoms with van der Waals surface area (Å²) in [5, 5.41) is 4.42. The third-order valence-electron chi connectivity index (χ3n) is 6.23. The van der Waals surface area contributed by atoms with Crippen molar-refractivity contribution >= 4 is 23.5 Å². The number of anilines is 1.